The van der Waals surface area contributed by atoms with Gasteiger partial charge in [0.2, 0.25) is 11.7 Å². The molecule has 4 rings (SSSR count). The summed E-state index contributed by atoms with van der Waals surface area (Å²) in [4.78, 5) is 30.2. The highest BCUT2D eigenvalue weighted by atomic mass is 19.1. The molecule has 0 spiro atoms. The first-order chi connectivity index (χ1) is 18.7. The van der Waals surface area contributed by atoms with Crippen LogP contribution in [-0.2, 0) is 16.1 Å². The van der Waals surface area contributed by atoms with Crippen molar-refractivity contribution in [3.8, 4) is 17.1 Å². The van der Waals surface area contributed by atoms with Crippen LogP contribution in [0.25, 0.3) is 11.4 Å². The Morgan fingerprint density at radius 1 is 1.00 bits per heavy atom. The number of anilines is 1. The largest absolute Gasteiger partial charge is 0.494 e. The van der Waals surface area contributed by atoms with Gasteiger partial charge in [-0.25, -0.2) is 4.39 Å². The number of nitrogens with zero attached hydrogens (tertiary/aromatic N) is 5. The number of rotatable bonds is 9. The van der Waals surface area contributed by atoms with E-state index < -0.39 is 23.3 Å². The van der Waals surface area contributed by atoms with Crippen molar-refractivity contribution in [2.45, 2.75) is 45.8 Å². The van der Waals surface area contributed by atoms with Gasteiger partial charge in [0.15, 0.2) is 0 Å². The summed E-state index contributed by atoms with van der Waals surface area (Å²) in [6.07, 6.45) is 0. The smallest absolute Gasteiger partial charge is 0.251 e. The number of hydrogen-bond acceptors (Lipinski definition) is 6. The van der Waals surface area contributed by atoms with E-state index in [4.69, 9.17) is 4.74 Å². The van der Waals surface area contributed by atoms with Gasteiger partial charge in [0.05, 0.1) is 12.2 Å². The number of tetrazole rings is 1. The van der Waals surface area contributed by atoms with E-state index in [0.29, 0.717) is 23.6 Å². The number of hydrogen-bond donors (Lipinski definition) is 1. The first-order valence-corrected chi connectivity index (χ1v) is 12.6. The fourth-order valence-electron chi connectivity index (χ4n) is 4.05. The van der Waals surface area contributed by atoms with Crippen molar-refractivity contribution >= 4 is 17.5 Å². The molecule has 1 atom stereocenters. The van der Waals surface area contributed by atoms with Gasteiger partial charge in [-0.05, 0) is 74.9 Å². The van der Waals surface area contributed by atoms with Crippen LogP contribution in [0.4, 0.5) is 10.1 Å². The summed E-state index contributed by atoms with van der Waals surface area (Å²) in [6.45, 7) is 7.68. The molecule has 39 heavy (non-hydrogen) atoms. The number of amides is 2. The van der Waals surface area contributed by atoms with E-state index in [1.807, 2.05) is 33.8 Å². The molecule has 0 aliphatic carbocycles. The first kappa shape index (κ1) is 27.4. The predicted octanol–water partition coefficient (Wildman–Crippen LogP) is 4.57. The number of aromatic nitrogens is 4. The summed E-state index contributed by atoms with van der Waals surface area (Å²) in [6, 6.07) is 21.0. The third-order valence-corrected chi connectivity index (χ3v) is 5.66. The van der Waals surface area contributed by atoms with Gasteiger partial charge < -0.3 is 10.1 Å². The Morgan fingerprint density at radius 2 is 1.67 bits per heavy atom. The van der Waals surface area contributed by atoms with E-state index in [-0.39, 0.29) is 23.8 Å². The third-order valence-electron chi connectivity index (χ3n) is 5.66. The Hall–Kier alpha value is -4.60. The summed E-state index contributed by atoms with van der Waals surface area (Å²) in [5, 5.41) is 15.1. The number of ether oxygens (including phenoxy) is 1. The number of benzene rings is 3. The van der Waals surface area contributed by atoms with Gasteiger partial charge in [0.1, 0.15) is 24.2 Å². The zero-order valence-corrected chi connectivity index (χ0v) is 22.3. The van der Waals surface area contributed by atoms with Gasteiger partial charge in [0, 0.05) is 11.2 Å². The molecule has 0 unspecified atom stereocenters. The van der Waals surface area contributed by atoms with Crippen molar-refractivity contribution in [3.05, 3.63) is 90.2 Å². The number of carbonyl (C=O) groups is 2. The van der Waals surface area contributed by atoms with Crippen LogP contribution in [0.1, 0.15) is 39.3 Å². The predicted molar refractivity (Wildman–Crippen MR) is 145 cm³/mol. The highest BCUT2D eigenvalue weighted by molar-refractivity contribution is 6.01. The highest BCUT2D eigenvalue weighted by Crippen LogP contribution is 2.30. The van der Waals surface area contributed by atoms with Crippen LogP contribution < -0.4 is 15.0 Å². The molecule has 0 fully saturated rings. The van der Waals surface area contributed by atoms with Crippen LogP contribution in [0.2, 0.25) is 0 Å². The highest BCUT2D eigenvalue weighted by Gasteiger charge is 2.35. The summed E-state index contributed by atoms with van der Waals surface area (Å²) < 4.78 is 19.8. The average molecular weight is 531 g/mol. The molecule has 0 aliphatic rings. The molecule has 1 heterocycles. The van der Waals surface area contributed by atoms with Crippen LogP contribution in [0.3, 0.4) is 0 Å². The molecule has 0 aliphatic heterocycles. The van der Waals surface area contributed by atoms with Crippen molar-refractivity contribution in [1.82, 2.24) is 25.5 Å². The van der Waals surface area contributed by atoms with E-state index in [0.717, 1.165) is 4.80 Å². The van der Waals surface area contributed by atoms with Gasteiger partial charge in [0.25, 0.3) is 5.91 Å². The second-order valence-corrected chi connectivity index (χ2v) is 9.87. The SMILES string of the molecule is CCOc1ccc([C@H](C(=O)NC(C)(C)C)N(C(=O)Cn2nnc(-c3ccccc3F)n2)c2ccccc2)cc1. The fourth-order valence-corrected chi connectivity index (χ4v) is 4.05. The molecule has 10 heteroatoms. The van der Waals surface area contributed by atoms with Crippen molar-refractivity contribution in [2.24, 2.45) is 0 Å². The Morgan fingerprint density at radius 3 is 2.31 bits per heavy atom. The maximum absolute atomic E-state index is 14.2. The lowest BCUT2D eigenvalue weighted by molar-refractivity contribution is -0.128. The lowest BCUT2D eigenvalue weighted by Crippen LogP contribution is -2.50. The standard InChI is InChI=1S/C29H31FN6O3/c1-5-39-22-17-15-20(16-18-22)26(28(38)31-29(2,3)4)36(21-11-7-6-8-12-21)25(37)19-35-33-27(32-34-35)23-13-9-10-14-24(23)30/h6-18,26H,5,19H2,1-4H3,(H,31,38)/t26-/m1/s1. The number of carbonyl (C=O) groups excluding carboxylic acids is 2. The third kappa shape index (κ3) is 6.84. The Balaban J connectivity index is 1.73. The molecule has 4 aromatic rings. The zero-order valence-electron chi connectivity index (χ0n) is 22.3. The Labute approximate surface area is 226 Å². The maximum Gasteiger partial charge on any atom is 0.251 e. The van der Waals surface area contributed by atoms with Gasteiger partial charge in [-0.3, -0.25) is 14.5 Å². The van der Waals surface area contributed by atoms with Crippen molar-refractivity contribution in [2.75, 3.05) is 11.5 Å². The second-order valence-electron chi connectivity index (χ2n) is 9.87. The van der Waals surface area contributed by atoms with Gasteiger partial charge in [-0.1, -0.05) is 42.5 Å². The van der Waals surface area contributed by atoms with E-state index in [9.17, 15) is 14.0 Å². The van der Waals surface area contributed by atoms with E-state index in [2.05, 4.69) is 20.7 Å². The van der Waals surface area contributed by atoms with Crippen molar-refractivity contribution in [1.29, 1.82) is 0 Å². The Bertz CT molecular complexity index is 1420. The number of para-hydroxylation sites is 1. The molecule has 1 aromatic heterocycles. The topological polar surface area (TPSA) is 102 Å². The summed E-state index contributed by atoms with van der Waals surface area (Å²) in [7, 11) is 0. The van der Waals surface area contributed by atoms with Crippen LogP contribution in [0.5, 0.6) is 5.75 Å². The van der Waals surface area contributed by atoms with E-state index in [1.165, 1.54) is 17.0 Å². The first-order valence-electron chi connectivity index (χ1n) is 12.6. The molecule has 9 nitrogen and oxygen atoms in total. The maximum atomic E-state index is 14.2. The number of halogens is 1. The van der Waals surface area contributed by atoms with Crippen molar-refractivity contribution in [3.63, 3.8) is 0 Å². The molecule has 0 bridgehead atoms. The van der Waals surface area contributed by atoms with Crippen LogP contribution in [0, 0.1) is 5.82 Å². The van der Waals surface area contributed by atoms with Gasteiger partial charge >= 0.3 is 0 Å². The van der Waals surface area contributed by atoms with E-state index in [1.54, 1.807) is 60.7 Å². The molecule has 3 aromatic carbocycles. The zero-order chi connectivity index (χ0) is 28.0. The van der Waals surface area contributed by atoms with E-state index >= 15 is 0 Å². The summed E-state index contributed by atoms with van der Waals surface area (Å²) in [5.74, 6) is -0.602. The molecular weight excluding hydrogens is 499 g/mol. The average Bonchev–Trinajstić information content (AvgIpc) is 3.35. The Kier molecular flexibility index (Phi) is 8.33. The molecule has 202 valence electrons. The lowest BCUT2D eigenvalue weighted by atomic mass is 10.0. The molecule has 0 saturated heterocycles. The molecule has 1 N–H and O–H groups in total. The minimum atomic E-state index is -1.01. The fraction of sp³-hybridized carbons (Fsp3) is 0.276. The minimum Gasteiger partial charge on any atom is -0.494 e. The monoisotopic (exact) mass is 530 g/mol. The van der Waals surface area contributed by atoms with Crippen LogP contribution in [-0.4, -0.2) is 44.2 Å². The molecule has 0 saturated carbocycles. The minimum absolute atomic E-state index is 0.0562. The van der Waals surface area contributed by atoms with Crippen LogP contribution in [0.15, 0.2) is 78.9 Å². The quantitative estimate of drug-likeness (QED) is 0.340. The van der Waals surface area contributed by atoms with Gasteiger partial charge in [-0.15, -0.1) is 10.2 Å². The summed E-state index contributed by atoms with van der Waals surface area (Å²) in [5.41, 5.74) is 0.734. The molecule has 0 radical (unpaired) electrons. The van der Waals surface area contributed by atoms with Crippen LogP contribution >= 0.6 is 0 Å². The lowest BCUT2D eigenvalue weighted by Gasteiger charge is -2.33. The molecule has 2 amide bonds. The van der Waals surface area contributed by atoms with Crippen molar-refractivity contribution < 1.29 is 18.7 Å². The summed E-state index contributed by atoms with van der Waals surface area (Å²) >= 11 is 0. The van der Waals surface area contributed by atoms with Gasteiger partial charge in [-0.2, -0.15) is 4.80 Å². The molecular formula is C29H31FN6O3. The second kappa shape index (κ2) is 11.8. The normalized spacial score (nSPS) is 12.0. The number of nitrogens with one attached hydrogen (secondary N) is 1.